The van der Waals surface area contributed by atoms with Crippen molar-refractivity contribution in [3.8, 4) is 11.1 Å². The normalized spacial score (nSPS) is 14.6. The molecular weight excluding hydrogens is 366 g/mol. The van der Waals surface area contributed by atoms with E-state index in [1.165, 1.54) is 12.8 Å². The minimum absolute atomic E-state index is 0.201. The number of hydrogen-bond donors (Lipinski definition) is 2. The number of amides is 2. The van der Waals surface area contributed by atoms with Crippen LogP contribution in [0, 0.1) is 0 Å². The maximum absolute atomic E-state index is 12.2. The van der Waals surface area contributed by atoms with Gasteiger partial charge in [-0.3, -0.25) is 15.0 Å². The molecule has 152 valence electrons. The second-order valence-electron chi connectivity index (χ2n) is 7.94. The van der Waals surface area contributed by atoms with Gasteiger partial charge in [-0.1, -0.05) is 12.8 Å². The molecule has 2 N–H and O–H groups in total. The molecule has 3 aromatic heterocycles. The quantitative estimate of drug-likeness (QED) is 0.695. The molecule has 2 amide bonds. The van der Waals surface area contributed by atoms with E-state index in [2.05, 4.69) is 30.6 Å². The molecule has 0 saturated heterocycles. The van der Waals surface area contributed by atoms with Crippen molar-refractivity contribution in [3.05, 3.63) is 36.3 Å². The van der Waals surface area contributed by atoms with Crippen LogP contribution < -0.4 is 10.6 Å². The van der Waals surface area contributed by atoms with Gasteiger partial charge in [0.15, 0.2) is 0 Å². The maximum Gasteiger partial charge on any atom is 0.320 e. The summed E-state index contributed by atoms with van der Waals surface area (Å²) in [6.45, 7) is 0.741. The monoisotopic (exact) mass is 393 g/mol. The van der Waals surface area contributed by atoms with Crippen LogP contribution in [0.1, 0.15) is 31.4 Å². The van der Waals surface area contributed by atoms with Crippen LogP contribution in [0.3, 0.4) is 0 Å². The second-order valence-corrected chi connectivity index (χ2v) is 7.94. The Balaban J connectivity index is 1.58. The summed E-state index contributed by atoms with van der Waals surface area (Å²) in [5.74, 6) is 0.520. The molecular formula is C21H27N7O. The summed E-state index contributed by atoms with van der Waals surface area (Å²) in [4.78, 5) is 23.5. The lowest BCUT2D eigenvalue weighted by molar-refractivity contribution is 0.248. The van der Waals surface area contributed by atoms with Crippen molar-refractivity contribution in [1.82, 2.24) is 30.0 Å². The molecule has 8 heteroatoms. The van der Waals surface area contributed by atoms with Crippen molar-refractivity contribution in [2.45, 2.75) is 38.3 Å². The van der Waals surface area contributed by atoms with Gasteiger partial charge < -0.3 is 10.2 Å². The molecule has 29 heavy (non-hydrogen) atoms. The average Bonchev–Trinajstić information content (AvgIpc) is 3.30. The lowest BCUT2D eigenvalue weighted by Crippen LogP contribution is -2.36. The minimum Gasteiger partial charge on any atom is -0.335 e. The van der Waals surface area contributed by atoms with Crippen LogP contribution in [0.15, 0.2) is 30.6 Å². The van der Waals surface area contributed by atoms with E-state index in [1.807, 2.05) is 50.4 Å². The Bertz CT molecular complexity index is 1020. The number of anilines is 1. The number of nitrogens with zero attached hydrogens (tertiary/aromatic N) is 5. The molecule has 0 atom stereocenters. The Labute approximate surface area is 170 Å². The Morgan fingerprint density at radius 3 is 2.79 bits per heavy atom. The van der Waals surface area contributed by atoms with Gasteiger partial charge in [0.2, 0.25) is 0 Å². The molecule has 0 aromatic carbocycles. The fourth-order valence-corrected chi connectivity index (χ4v) is 3.82. The van der Waals surface area contributed by atoms with Gasteiger partial charge in [0.1, 0.15) is 5.82 Å². The van der Waals surface area contributed by atoms with Crippen molar-refractivity contribution in [3.63, 3.8) is 0 Å². The fraction of sp³-hybridized carbons (Fsp3) is 0.429. The molecule has 0 radical (unpaired) electrons. The second kappa shape index (κ2) is 8.16. The van der Waals surface area contributed by atoms with Crippen LogP contribution in [-0.4, -0.2) is 50.8 Å². The Kier molecular flexibility index (Phi) is 5.44. The predicted molar refractivity (Wildman–Crippen MR) is 114 cm³/mol. The van der Waals surface area contributed by atoms with Gasteiger partial charge in [-0.15, -0.1) is 0 Å². The van der Waals surface area contributed by atoms with Gasteiger partial charge in [-0.2, -0.15) is 5.10 Å². The summed E-state index contributed by atoms with van der Waals surface area (Å²) < 4.78 is 1.82. The average molecular weight is 393 g/mol. The molecule has 1 fully saturated rings. The molecule has 4 rings (SSSR count). The topological polar surface area (TPSA) is 88.0 Å². The van der Waals surface area contributed by atoms with Crippen molar-refractivity contribution in [1.29, 1.82) is 0 Å². The number of carbonyl (C=O) groups is 1. The predicted octanol–water partition coefficient (Wildman–Crippen LogP) is 3.16. The van der Waals surface area contributed by atoms with Crippen LogP contribution in [0.25, 0.3) is 22.2 Å². The van der Waals surface area contributed by atoms with Gasteiger partial charge in [-0.05, 0) is 45.1 Å². The zero-order valence-corrected chi connectivity index (χ0v) is 17.1. The van der Waals surface area contributed by atoms with Crippen molar-refractivity contribution in [2.75, 3.05) is 19.4 Å². The van der Waals surface area contributed by atoms with E-state index in [0.29, 0.717) is 5.82 Å². The Morgan fingerprint density at radius 1 is 1.24 bits per heavy atom. The SMILES string of the molecule is CN(C)Cc1nn(C)cc1-c1cnc2ccc(NC(=O)NC3CCCC3)nc2c1. The first-order chi connectivity index (χ1) is 14.0. The van der Waals surface area contributed by atoms with E-state index in [0.717, 1.165) is 47.2 Å². The van der Waals surface area contributed by atoms with Crippen LogP contribution in [0.4, 0.5) is 10.6 Å². The molecule has 1 aliphatic carbocycles. The van der Waals surface area contributed by atoms with E-state index in [4.69, 9.17) is 0 Å². The summed E-state index contributed by atoms with van der Waals surface area (Å²) >= 11 is 0. The number of aryl methyl sites for hydroxylation is 1. The highest BCUT2D eigenvalue weighted by Gasteiger charge is 2.17. The van der Waals surface area contributed by atoms with E-state index in [9.17, 15) is 4.79 Å². The number of carbonyl (C=O) groups excluding carboxylic acids is 1. The van der Waals surface area contributed by atoms with Crippen LogP contribution in [0.2, 0.25) is 0 Å². The lowest BCUT2D eigenvalue weighted by Gasteiger charge is -2.13. The summed E-state index contributed by atoms with van der Waals surface area (Å²) in [6, 6.07) is 5.72. The first-order valence-corrected chi connectivity index (χ1v) is 10.00. The molecule has 8 nitrogen and oxygen atoms in total. The third-order valence-electron chi connectivity index (χ3n) is 5.15. The van der Waals surface area contributed by atoms with Crippen molar-refractivity contribution >= 4 is 22.9 Å². The van der Waals surface area contributed by atoms with Gasteiger partial charge in [0.25, 0.3) is 0 Å². The summed E-state index contributed by atoms with van der Waals surface area (Å²) in [7, 11) is 5.96. The number of fused-ring (bicyclic) bond motifs is 1. The summed E-state index contributed by atoms with van der Waals surface area (Å²) in [6.07, 6.45) is 8.30. The van der Waals surface area contributed by atoms with Gasteiger partial charge >= 0.3 is 6.03 Å². The van der Waals surface area contributed by atoms with Crippen LogP contribution in [0.5, 0.6) is 0 Å². The first kappa shape index (κ1) is 19.3. The zero-order valence-electron chi connectivity index (χ0n) is 17.1. The summed E-state index contributed by atoms with van der Waals surface area (Å²) in [5.41, 5.74) is 4.51. The van der Waals surface area contributed by atoms with E-state index in [-0.39, 0.29) is 12.1 Å². The molecule has 3 heterocycles. The standard InChI is InChI=1S/C21H27N7O/c1-27(2)13-19-16(12-28(3)26-19)14-10-18-17(22-11-14)8-9-20(24-18)25-21(29)23-15-6-4-5-7-15/h8-12,15H,4-7,13H2,1-3H3,(H2,23,24,25,29). The molecule has 0 aliphatic heterocycles. The maximum atomic E-state index is 12.2. The lowest BCUT2D eigenvalue weighted by atomic mass is 10.1. The van der Waals surface area contributed by atoms with Crippen molar-refractivity contribution < 1.29 is 4.79 Å². The van der Waals surface area contributed by atoms with E-state index in [1.54, 1.807) is 6.07 Å². The van der Waals surface area contributed by atoms with Gasteiger partial charge in [-0.25, -0.2) is 9.78 Å². The first-order valence-electron chi connectivity index (χ1n) is 10.00. The number of rotatable bonds is 5. The molecule has 0 unspecified atom stereocenters. The Morgan fingerprint density at radius 2 is 2.03 bits per heavy atom. The zero-order chi connectivity index (χ0) is 20.4. The molecule has 3 aromatic rings. The third kappa shape index (κ3) is 4.54. The minimum atomic E-state index is -0.201. The van der Waals surface area contributed by atoms with Gasteiger partial charge in [0, 0.05) is 43.2 Å². The molecule has 1 aliphatic rings. The highest BCUT2D eigenvalue weighted by molar-refractivity contribution is 5.90. The Hall–Kier alpha value is -3.00. The number of pyridine rings is 2. The van der Waals surface area contributed by atoms with Crippen LogP contribution >= 0.6 is 0 Å². The number of hydrogen-bond acceptors (Lipinski definition) is 5. The largest absolute Gasteiger partial charge is 0.335 e. The smallest absolute Gasteiger partial charge is 0.320 e. The third-order valence-corrected chi connectivity index (χ3v) is 5.15. The number of nitrogens with one attached hydrogen (secondary N) is 2. The van der Waals surface area contributed by atoms with E-state index < -0.39 is 0 Å². The number of aromatic nitrogens is 4. The summed E-state index contributed by atoms with van der Waals surface area (Å²) in [5, 5.41) is 10.4. The highest BCUT2D eigenvalue weighted by Crippen LogP contribution is 2.26. The molecule has 1 saturated carbocycles. The van der Waals surface area contributed by atoms with Crippen LogP contribution in [-0.2, 0) is 13.6 Å². The van der Waals surface area contributed by atoms with Crippen molar-refractivity contribution in [2.24, 2.45) is 7.05 Å². The molecule has 0 spiro atoms. The van der Waals surface area contributed by atoms with Gasteiger partial charge in [0.05, 0.1) is 16.7 Å². The highest BCUT2D eigenvalue weighted by atomic mass is 16.2. The molecule has 0 bridgehead atoms. The van der Waals surface area contributed by atoms with E-state index >= 15 is 0 Å². The fourth-order valence-electron chi connectivity index (χ4n) is 3.82. The number of urea groups is 1.